The molecule has 1 aliphatic carbocycles. The maximum atomic E-state index is 12.3. The Morgan fingerprint density at radius 1 is 1.22 bits per heavy atom. The maximum absolute atomic E-state index is 12.3. The average Bonchev–Trinajstić information content (AvgIpc) is 3.01. The molecule has 0 fully saturated rings. The Morgan fingerprint density at radius 2 is 2.00 bits per heavy atom. The molecule has 0 amide bonds. The van der Waals surface area contributed by atoms with Gasteiger partial charge in [0.2, 0.25) is 5.78 Å². The molecule has 1 atom stereocenters. The molecule has 0 aliphatic heterocycles. The third kappa shape index (κ3) is 1.38. The van der Waals surface area contributed by atoms with Crippen molar-refractivity contribution < 1.29 is 14.7 Å². The summed E-state index contributed by atoms with van der Waals surface area (Å²) in [5, 5.41) is 13.2. The van der Waals surface area contributed by atoms with Crippen molar-refractivity contribution in [3.8, 4) is 0 Å². The summed E-state index contributed by atoms with van der Waals surface area (Å²) in [6.45, 7) is 3.50. The zero-order chi connectivity index (χ0) is 12.9. The fraction of sp³-hybridized carbons (Fsp3) is 0.0769. The number of hydrogen-bond acceptors (Lipinski definition) is 5. The Hall–Kier alpha value is -1.56. The van der Waals surface area contributed by atoms with Crippen molar-refractivity contribution in [1.29, 1.82) is 0 Å². The molecule has 18 heavy (non-hydrogen) atoms. The van der Waals surface area contributed by atoms with Crippen molar-refractivity contribution >= 4 is 34.2 Å². The second-order valence-corrected chi connectivity index (χ2v) is 5.69. The van der Waals surface area contributed by atoms with Gasteiger partial charge in [0.25, 0.3) is 0 Å². The van der Waals surface area contributed by atoms with Gasteiger partial charge in [-0.2, -0.15) is 0 Å². The largest absolute Gasteiger partial charge is 0.384 e. The van der Waals surface area contributed by atoms with Crippen LogP contribution in [0.15, 0.2) is 29.5 Å². The number of aliphatic hydroxyl groups is 1. The van der Waals surface area contributed by atoms with Crippen molar-refractivity contribution in [2.24, 2.45) is 0 Å². The summed E-state index contributed by atoms with van der Waals surface area (Å²) in [5.41, 5.74) is 1.25. The van der Waals surface area contributed by atoms with E-state index in [1.165, 1.54) is 28.7 Å². The van der Waals surface area contributed by atoms with Gasteiger partial charge in [-0.3, -0.25) is 9.59 Å². The predicted molar refractivity (Wildman–Crippen MR) is 70.7 cm³/mol. The lowest BCUT2D eigenvalue weighted by Crippen LogP contribution is -2.18. The smallest absolute Gasteiger partial charge is 0.214 e. The zero-order valence-corrected chi connectivity index (χ0v) is 10.8. The van der Waals surface area contributed by atoms with Crippen LogP contribution in [0.1, 0.15) is 42.1 Å². The van der Waals surface area contributed by atoms with Gasteiger partial charge in [-0.15, -0.1) is 29.3 Å². The van der Waals surface area contributed by atoms with E-state index in [1.54, 1.807) is 16.8 Å². The highest BCUT2D eigenvalue weighted by Gasteiger charge is 2.35. The predicted octanol–water partition coefficient (Wildman–Crippen LogP) is 2.80. The van der Waals surface area contributed by atoms with Crippen molar-refractivity contribution in [3.05, 3.63) is 55.9 Å². The van der Waals surface area contributed by atoms with Gasteiger partial charge in [-0.25, -0.2) is 0 Å². The van der Waals surface area contributed by atoms with Gasteiger partial charge in [0.05, 0.1) is 21.4 Å². The van der Waals surface area contributed by atoms with E-state index >= 15 is 0 Å². The van der Waals surface area contributed by atoms with Crippen LogP contribution in [0.2, 0.25) is 0 Å². The first-order valence-electron chi connectivity index (χ1n) is 5.24. The maximum Gasteiger partial charge on any atom is 0.214 e. The Kier molecular flexibility index (Phi) is 2.55. The summed E-state index contributed by atoms with van der Waals surface area (Å²) in [4.78, 5) is 25.4. The van der Waals surface area contributed by atoms with E-state index in [9.17, 15) is 14.7 Å². The van der Waals surface area contributed by atoms with Gasteiger partial charge in [-0.05, 0) is 16.8 Å². The number of fused-ring (bicyclic) bond motifs is 2. The van der Waals surface area contributed by atoms with E-state index < -0.39 is 6.10 Å². The third-order valence-corrected chi connectivity index (χ3v) is 4.82. The standard InChI is InChI=1S/C13H8O3S2/c1-2-8(14)7-5-18-13-9(7)10(15)6-3-4-17-12(6)11(13)16/h2-5,8,14H,1H2. The minimum absolute atomic E-state index is 0.123. The highest BCUT2D eigenvalue weighted by Crippen LogP contribution is 2.38. The molecule has 5 heteroatoms. The summed E-state index contributed by atoms with van der Waals surface area (Å²) in [6.07, 6.45) is 0.436. The molecule has 2 heterocycles. The van der Waals surface area contributed by atoms with Gasteiger partial charge in [-0.1, -0.05) is 6.08 Å². The average molecular weight is 276 g/mol. The van der Waals surface area contributed by atoms with E-state index in [1.807, 2.05) is 0 Å². The third-order valence-electron chi connectivity index (χ3n) is 2.91. The lowest BCUT2D eigenvalue weighted by atomic mass is 9.91. The van der Waals surface area contributed by atoms with Crippen LogP contribution in [0.5, 0.6) is 0 Å². The Balaban J connectivity index is 2.26. The van der Waals surface area contributed by atoms with Gasteiger partial charge >= 0.3 is 0 Å². The molecular weight excluding hydrogens is 268 g/mol. The molecule has 0 saturated heterocycles. The molecule has 3 nitrogen and oxygen atoms in total. The molecule has 1 N–H and O–H groups in total. The van der Waals surface area contributed by atoms with E-state index in [0.29, 0.717) is 26.4 Å². The molecular formula is C13H8O3S2. The van der Waals surface area contributed by atoms with Crippen molar-refractivity contribution in [1.82, 2.24) is 0 Å². The lowest BCUT2D eigenvalue weighted by Gasteiger charge is -2.13. The molecule has 0 spiro atoms. The zero-order valence-electron chi connectivity index (χ0n) is 9.17. The number of thiophene rings is 2. The topological polar surface area (TPSA) is 54.4 Å². The van der Waals surface area contributed by atoms with Crippen molar-refractivity contribution in [2.45, 2.75) is 6.10 Å². The Morgan fingerprint density at radius 3 is 2.72 bits per heavy atom. The van der Waals surface area contributed by atoms with Crippen LogP contribution in [0.3, 0.4) is 0 Å². The minimum atomic E-state index is -0.915. The van der Waals surface area contributed by atoms with Crippen LogP contribution in [0.25, 0.3) is 0 Å². The summed E-state index contributed by atoms with van der Waals surface area (Å²) >= 11 is 2.48. The summed E-state index contributed by atoms with van der Waals surface area (Å²) in [5.74, 6) is -0.305. The van der Waals surface area contributed by atoms with Gasteiger partial charge in [0, 0.05) is 11.1 Å². The van der Waals surface area contributed by atoms with Crippen LogP contribution in [-0.4, -0.2) is 16.7 Å². The second-order valence-electron chi connectivity index (χ2n) is 3.90. The number of carbonyl (C=O) groups is 2. The van der Waals surface area contributed by atoms with E-state index in [2.05, 4.69) is 6.58 Å². The fourth-order valence-corrected chi connectivity index (χ4v) is 3.96. The van der Waals surface area contributed by atoms with Crippen LogP contribution < -0.4 is 0 Å². The molecule has 1 unspecified atom stereocenters. The first-order chi connectivity index (χ1) is 8.65. The number of ketones is 2. The van der Waals surface area contributed by atoms with Gasteiger partial charge in [0.15, 0.2) is 5.78 Å². The molecule has 2 aromatic rings. The number of rotatable bonds is 2. The van der Waals surface area contributed by atoms with Crippen LogP contribution in [-0.2, 0) is 0 Å². The molecule has 0 radical (unpaired) electrons. The first kappa shape index (κ1) is 11.5. The van der Waals surface area contributed by atoms with Crippen LogP contribution in [0.4, 0.5) is 0 Å². The normalized spacial score (nSPS) is 15.2. The minimum Gasteiger partial charge on any atom is -0.384 e. The number of aliphatic hydroxyl groups excluding tert-OH is 1. The molecule has 2 aromatic heterocycles. The molecule has 0 aromatic carbocycles. The van der Waals surface area contributed by atoms with Gasteiger partial charge in [0.1, 0.15) is 0 Å². The molecule has 0 saturated carbocycles. The fourth-order valence-electron chi connectivity index (χ4n) is 2.02. The summed E-state index contributed by atoms with van der Waals surface area (Å²) in [6, 6.07) is 1.66. The Labute approximate surface area is 111 Å². The van der Waals surface area contributed by atoms with E-state index in [-0.39, 0.29) is 11.6 Å². The highest BCUT2D eigenvalue weighted by atomic mass is 32.1. The molecule has 90 valence electrons. The first-order valence-corrected chi connectivity index (χ1v) is 7.00. The monoisotopic (exact) mass is 276 g/mol. The quantitative estimate of drug-likeness (QED) is 0.732. The van der Waals surface area contributed by atoms with Crippen molar-refractivity contribution in [2.75, 3.05) is 0 Å². The van der Waals surface area contributed by atoms with E-state index in [4.69, 9.17) is 0 Å². The second kappa shape index (κ2) is 3.98. The summed E-state index contributed by atoms with van der Waals surface area (Å²) < 4.78 is 0. The van der Waals surface area contributed by atoms with Crippen LogP contribution >= 0.6 is 22.7 Å². The van der Waals surface area contributed by atoms with Gasteiger partial charge < -0.3 is 5.11 Å². The Bertz CT molecular complexity index is 678. The van der Waals surface area contributed by atoms with Crippen LogP contribution in [0, 0.1) is 0 Å². The number of hydrogen-bond donors (Lipinski definition) is 1. The lowest BCUT2D eigenvalue weighted by molar-refractivity contribution is 0.0982. The van der Waals surface area contributed by atoms with E-state index in [0.717, 1.165) is 0 Å². The number of carbonyl (C=O) groups excluding carboxylic acids is 2. The molecule has 3 rings (SSSR count). The highest BCUT2D eigenvalue weighted by molar-refractivity contribution is 7.16. The van der Waals surface area contributed by atoms with Crippen molar-refractivity contribution in [3.63, 3.8) is 0 Å². The molecule has 0 bridgehead atoms. The summed E-state index contributed by atoms with van der Waals surface area (Å²) in [7, 11) is 0. The SMILES string of the molecule is C=CC(O)c1csc2c1C(=O)c1ccsc1C2=O. The molecule has 1 aliphatic rings.